The molecule has 8 nitrogen and oxygen atoms in total. The predicted octanol–water partition coefficient (Wildman–Crippen LogP) is 3.78. The molecule has 0 aliphatic rings. The number of hydrogen-bond acceptors (Lipinski definition) is 8. The molecule has 1 aromatic carbocycles. The Hall–Kier alpha value is -2.98. The summed E-state index contributed by atoms with van der Waals surface area (Å²) in [5.41, 5.74) is 4.45. The molecule has 0 saturated carbocycles. The Morgan fingerprint density at radius 1 is 1.20 bits per heavy atom. The third-order valence-corrected chi connectivity index (χ3v) is 6.51. The fraction of sp³-hybridized carbons (Fsp3) is 0.250. The number of anilines is 1. The van der Waals surface area contributed by atoms with Gasteiger partial charge in [0.1, 0.15) is 4.88 Å². The smallest absolute Gasteiger partial charge is 0.350 e. The number of thiazole rings is 1. The van der Waals surface area contributed by atoms with Crippen LogP contribution in [0.15, 0.2) is 29.4 Å². The number of ether oxygens (including phenoxy) is 1. The van der Waals surface area contributed by atoms with Crippen LogP contribution in [0, 0.1) is 20.8 Å². The van der Waals surface area contributed by atoms with Crippen molar-refractivity contribution in [1.82, 2.24) is 19.6 Å². The largest absolute Gasteiger partial charge is 0.465 e. The zero-order valence-electron chi connectivity index (χ0n) is 16.8. The lowest BCUT2D eigenvalue weighted by Crippen LogP contribution is -2.14. The number of esters is 1. The molecule has 0 unspecified atom stereocenters. The zero-order valence-corrected chi connectivity index (χ0v) is 18.5. The lowest BCUT2D eigenvalue weighted by molar-refractivity contribution is -0.113. The molecule has 0 fully saturated rings. The fourth-order valence-corrected chi connectivity index (χ4v) is 4.77. The van der Waals surface area contributed by atoms with Gasteiger partial charge in [-0.1, -0.05) is 35.2 Å². The highest BCUT2D eigenvalue weighted by molar-refractivity contribution is 7.99. The number of fused-ring (bicyclic) bond motifs is 3. The Balaban J connectivity index is 1.55. The van der Waals surface area contributed by atoms with Crippen LogP contribution in [0.1, 0.15) is 26.5 Å². The van der Waals surface area contributed by atoms with E-state index < -0.39 is 5.97 Å². The molecule has 0 aliphatic carbocycles. The predicted molar refractivity (Wildman–Crippen MR) is 118 cm³/mol. The van der Waals surface area contributed by atoms with E-state index in [4.69, 9.17) is 4.74 Å². The summed E-state index contributed by atoms with van der Waals surface area (Å²) in [6.45, 7) is 5.73. The van der Waals surface area contributed by atoms with Gasteiger partial charge in [-0.3, -0.25) is 9.20 Å². The molecule has 0 radical (unpaired) electrons. The van der Waals surface area contributed by atoms with Crippen LogP contribution in [-0.4, -0.2) is 44.3 Å². The highest BCUT2D eigenvalue weighted by Gasteiger charge is 2.18. The lowest BCUT2D eigenvalue weighted by Gasteiger charge is -2.08. The number of methoxy groups -OCH3 is 1. The average Bonchev–Trinajstić information content (AvgIpc) is 3.30. The summed E-state index contributed by atoms with van der Waals surface area (Å²) in [5.74, 6) is -0.573. The molecule has 0 bridgehead atoms. The number of aromatic nitrogens is 4. The molecular weight excluding hydrogens is 422 g/mol. The second-order valence-electron chi connectivity index (χ2n) is 6.79. The number of amides is 1. The SMILES string of the molecule is COC(=O)c1sc(NC(=O)CSc2nnc3c(C)cc4ccc(C)cc4n23)nc1C. The van der Waals surface area contributed by atoms with Crippen molar-refractivity contribution in [3.05, 3.63) is 46.0 Å². The standard InChI is InChI=1S/C20H19N5O3S2/c1-10-5-6-13-8-11(2)17-23-24-20(25(17)14(13)7-10)29-9-15(26)22-19-21-12(3)16(30-19)18(27)28-4/h5-8H,9H2,1-4H3,(H,21,22,26). The summed E-state index contributed by atoms with van der Waals surface area (Å²) >= 11 is 2.39. The van der Waals surface area contributed by atoms with Crippen LogP contribution in [-0.2, 0) is 9.53 Å². The van der Waals surface area contributed by atoms with Gasteiger partial charge in [0, 0.05) is 0 Å². The second kappa shape index (κ2) is 8.04. The van der Waals surface area contributed by atoms with Gasteiger partial charge in [0.15, 0.2) is 15.9 Å². The van der Waals surface area contributed by atoms with E-state index in [1.165, 1.54) is 18.9 Å². The van der Waals surface area contributed by atoms with E-state index >= 15 is 0 Å². The van der Waals surface area contributed by atoms with Crippen molar-refractivity contribution in [2.24, 2.45) is 0 Å². The minimum Gasteiger partial charge on any atom is -0.465 e. The van der Waals surface area contributed by atoms with Gasteiger partial charge in [-0.2, -0.15) is 0 Å². The molecule has 1 N–H and O–H groups in total. The van der Waals surface area contributed by atoms with Crippen molar-refractivity contribution in [2.45, 2.75) is 25.9 Å². The van der Waals surface area contributed by atoms with Crippen LogP contribution in [0.4, 0.5) is 5.13 Å². The summed E-state index contributed by atoms with van der Waals surface area (Å²) in [6.07, 6.45) is 0. The van der Waals surface area contributed by atoms with Crippen LogP contribution in [0.3, 0.4) is 0 Å². The Morgan fingerprint density at radius 3 is 2.77 bits per heavy atom. The quantitative estimate of drug-likeness (QED) is 0.372. The number of pyridine rings is 1. The van der Waals surface area contributed by atoms with Gasteiger partial charge in [0.2, 0.25) is 5.91 Å². The summed E-state index contributed by atoms with van der Waals surface area (Å²) < 4.78 is 6.71. The topological polar surface area (TPSA) is 98.5 Å². The van der Waals surface area contributed by atoms with Crippen molar-refractivity contribution >= 4 is 56.7 Å². The Labute approximate surface area is 180 Å². The number of carbonyl (C=O) groups is 2. The molecule has 0 saturated heterocycles. The van der Waals surface area contributed by atoms with Gasteiger partial charge < -0.3 is 10.1 Å². The van der Waals surface area contributed by atoms with Crippen molar-refractivity contribution < 1.29 is 14.3 Å². The third-order valence-electron chi connectivity index (χ3n) is 4.53. The molecule has 0 spiro atoms. The average molecular weight is 442 g/mol. The Morgan fingerprint density at radius 2 is 2.00 bits per heavy atom. The first-order chi connectivity index (χ1) is 14.4. The van der Waals surface area contributed by atoms with Crippen LogP contribution in [0.25, 0.3) is 16.6 Å². The third kappa shape index (κ3) is 3.75. The number of aryl methyl sites for hydroxylation is 3. The van der Waals surface area contributed by atoms with E-state index in [0.29, 0.717) is 20.9 Å². The van der Waals surface area contributed by atoms with E-state index in [1.807, 2.05) is 18.2 Å². The molecule has 0 aliphatic heterocycles. The number of rotatable bonds is 5. The van der Waals surface area contributed by atoms with Crippen LogP contribution >= 0.6 is 23.1 Å². The summed E-state index contributed by atoms with van der Waals surface area (Å²) in [7, 11) is 1.31. The summed E-state index contributed by atoms with van der Waals surface area (Å²) in [4.78, 5) is 28.8. The normalized spacial score (nSPS) is 11.2. The Kier molecular flexibility index (Phi) is 5.44. The first kappa shape index (κ1) is 20.3. The van der Waals surface area contributed by atoms with E-state index in [2.05, 4.69) is 44.8 Å². The van der Waals surface area contributed by atoms with E-state index in [0.717, 1.165) is 39.0 Å². The molecule has 4 rings (SSSR count). The van der Waals surface area contributed by atoms with Gasteiger partial charge in [0.25, 0.3) is 0 Å². The maximum atomic E-state index is 12.4. The molecule has 4 aromatic rings. The minimum atomic E-state index is -0.465. The first-order valence-corrected chi connectivity index (χ1v) is 10.9. The first-order valence-electron chi connectivity index (χ1n) is 9.11. The van der Waals surface area contributed by atoms with Crippen molar-refractivity contribution in [3.8, 4) is 0 Å². The molecule has 154 valence electrons. The highest BCUT2D eigenvalue weighted by Crippen LogP contribution is 2.27. The highest BCUT2D eigenvalue weighted by atomic mass is 32.2. The van der Waals surface area contributed by atoms with Gasteiger partial charge in [0.05, 0.1) is 24.1 Å². The maximum absolute atomic E-state index is 12.4. The number of benzene rings is 1. The fourth-order valence-electron chi connectivity index (χ4n) is 3.12. The van der Waals surface area contributed by atoms with Crippen LogP contribution < -0.4 is 5.32 Å². The molecule has 10 heteroatoms. The second-order valence-corrected chi connectivity index (χ2v) is 8.73. The minimum absolute atomic E-state index is 0.133. The van der Waals surface area contributed by atoms with E-state index in [9.17, 15) is 9.59 Å². The molecule has 3 heterocycles. The van der Waals surface area contributed by atoms with Gasteiger partial charge in [-0.25, -0.2) is 9.78 Å². The number of thioether (sulfide) groups is 1. The summed E-state index contributed by atoms with van der Waals surface area (Å²) in [5, 5.41) is 13.4. The van der Waals surface area contributed by atoms with E-state index in [-0.39, 0.29) is 11.7 Å². The van der Waals surface area contributed by atoms with Crippen LogP contribution in [0.5, 0.6) is 0 Å². The molecule has 30 heavy (non-hydrogen) atoms. The van der Waals surface area contributed by atoms with E-state index in [1.54, 1.807) is 6.92 Å². The van der Waals surface area contributed by atoms with Crippen molar-refractivity contribution in [1.29, 1.82) is 0 Å². The van der Waals surface area contributed by atoms with Crippen molar-refractivity contribution in [2.75, 3.05) is 18.2 Å². The molecule has 3 aromatic heterocycles. The number of nitrogens with one attached hydrogen (secondary N) is 1. The molecular formula is C20H19N5O3S2. The van der Waals surface area contributed by atoms with Crippen LogP contribution in [0.2, 0.25) is 0 Å². The van der Waals surface area contributed by atoms with Gasteiger partial charge in [-0.05, 0) is 49.4 Å². The zero-order chi connectivity index (χ0) is 21.4. The molecule has 1 amide bonds. The van der Waals surface area contributed by atoms with Crippen molar-refractivity contribution in [3.63, 3.8) is 0 Å². The number of nitrogens with zero attached hydrogens (tertiary/aromatic N) is 4. The lowest BCUT2D eigenvalue weighted by atomic mass is 10.1. The monoisotopic (exact) mass is 441 g/mol. The molecule has 0 atom stereocenters. The Bertz CT molecular complexity index is 1290. The maximum Gasteiger partial charge on any atom is 0.350 e. The number of hydrogen-bond donors (Lipinski definition) is 1. The van der Waals surface area contributed by atoms with Gasteiger partial charge in [-0.15, -0.1) is 10.2 Å². The summed E-state index contributed by atoms with van der Waals surface area (Å²) in [6, 6.07) is 8.31. The van der Waals surface area contributed by atoms with Gasteiger partial charge >= 0.3 is 5.97 Å². The number of carbonyl (C=O) groups excluding carboxylic acids is 2.